The first kappa shape index (κ1) is 23.3. The van der Waals surface area contributed by atoms with Crippen molar-refractivity contribution in [3.05, 3.63) is 26.7 Å². The molecular weight excluding hydrogens is 440 g/mol. The molecule has 2 atom stereocenters. The largest absolute Gasteiger partial charge is 0.352 e. The molecule has 2 amide bonds. The van der Waals surface area contributed by atoms with Crippen LogP contribution in [0.4, 0.5) is 0 Å². The van der Waals surface area contributed by atoms with Crippen molar-refractivity contribution in [1.29, 1.82) is 5.26 Å². The molecule has 2 heterocycles. The topological polar surface area (TPSA) is 94.9 Å². The normalized spacial score (nSPS) is 24.7. The SMILES string of the molecule is Cc1csc(C2C(=O)NC(SC(C)C(=O)NC3CCCCCC3)=C(C#N)C23CCCC3)n1. The predicted molar refractivity (Wildman–Crippen MR) is 128 cm³/mol. The van der Waals surface area contributed by atoms with Gasteiger partial charge < -0.3 is 10.6 Å². The van der Waals surface area contributed by atoms with E-state index >= 15 is 0 Å². The van der Waals surface area contributed by atoms with E-state index in [0.29, 0.717) is 10.6 Å². The predicted octanol–water partition coefficient (Wildman–Crippen LogP) is 4.92. The molecule has 1 spiro atoms. The Labute approximate surface area is 198 Å². The monoisotopic (exact) mass is 472 g/mol. The molecule has 2 aliphatic carbocycles. The number of hydrogen-bond acceptors (Lipinski definition) is 6. The molecule has 3 aliphatic rings. The van der Waals surface area contributed by atoms with Gasteiger partial charge in [-0.15, -0.1) is 11.3 Å². The molecule has 0 saturated heterocycles. The molecule has 1 aromatic rings. The summed E-state index contributed by atoms with van der Waals surface area (Å²) in [5, 5.41) is 19.3. The number of nitriles is 1. The highest BCUT2D eigenvalue weighted by atomic mass is 32.2. The van der Waals surface area contributed by atoms with Crippen molar-refractivity contribution in [2.45, 2.75) is 95.3 Å². The molecule has 1 aromatic heterocycles. The first-order chi connectivity index (χ1) is 15.4. The van der Waals surface area contributed by atoms with Gasteiger partial charge in [-0.05, 0) is 39.5 Å². The molecule has 2 N–H and O–H groups in total. The molecular formula is C24H32N4O2S2. The standard InChI is InChI=1S/C24H32N4O2S2/c1-15-14-31-23(26-15)19-21(30)28-22(18(13-25)24(19)11-7-8-12-24)32-16(2)20(29)27-17-9-5-3-4-6-10-17/h14,16-17,19H,3-12H2,1-2H3,(H,27,29)(H,28,30). The first-order valence-electron chi connectivity index (χ1n) is 11.8. The maximum absolute atomic E-state index is 13.3. The smallest absolute Gasteiger partial charge is 0.235 e. The van der Waals surface area contributed by atoms with E-state index in [1.54, 1.807) is 0 Å². The number of rotatable bonds is 5. The van der Waals surface area contributed by atoms with Crippen LogP contribution in [-0.4, -0.2) is 28.1 Å². The zero-order valence-corrected chi connectivity index (χ0v) is 20.5. The van der Waals surface area contributed by atoms with Crippen molar-refractivity contribution in [3.63, 3.8) is 0 Å². The third-order valence-corrected chi connectivity index (χ3v) is 9.27. The van der Waals surface area contributed by atoms with Crippen LogP contribution in [0, 0.1) is 23.7 Å². The number of amides is 2. The Morgan fingerprint density at radius 1 is 1.28 bits per heavy atom. The van der Waals surface area contributed by atoms with E-state index in [2.05, 4.69) is 21.7 Å². The Morgan fingerprint density at radius 2 is 1.97 bits per heavy atom. The molecule has 32 heavy (non-hydrogen) atoms. The number of carbonyl (C=O) groups is 2. The Morgan fingerprint density at radius 3 is 2.56 bits per heavy atom. The van der Waals surface area contributed by atoms with Gasteiger partial charge in [0, 0.05) is 22.5 Å². The summed E-state index contributed by atoms with van der Waals surface area (Å²) in [6.07, 6.45) is 10.5. The van der Waals surface area contributed by atoms with Gasteiger partial charge in [-0.1, -0.05) is 50.3 Å². The lowest BCUT2D eigenvalue weighted by molar-refractivity contribution is -0.125. The summed E-state index contributed by atoms with van der Waals surface area (Å²) in [5.74, 6) is -0.545. The number of hydrogen-bond donors (Lipinski definition) is 2. The Balaban J connectivity index is 1.57. The average molecular weight is 473 g/mol. The zero-order chi connectivity index (χ0) is 22.7. The van der Waals surface area contributed by atoms with Gasteiger partial charge in [0.1, 0.15) is 10.9 Å². The minimum atomic E-state index is -0.513. The molecule has 2 unspecified atom stereocenters. The lowest BCUT2D eigenvalue weighted by Crippen LogP contribution is -2.46. The van der Waals surface area contributed by atoms with Crippen molar-refractivity contribution in [2.24, 2.45) is 5.41 Å². The van der Waals surface area contributed by atoms with E-state index < -0.39 is 11.3 Å². The Hall–Kier alpha value is -1.85. The highest BCUT2D eigenvalue weighted by Crippen LogP contribution is 2.57. The van der Waals surface area contributed by atoms with E-state index in [1.165, 1.54) is 35.9 Å². The minimum Gasteiger partial charge on any atom is -0.352 e. The van der Waals surface area contributed by atoms with Crippen molar-refractivity contribution in [2.75, 3.05) is 0 Å². The van der Waals surface area contributed by atoms with E-state index in [1.807, 2.05) is 19.2 Å². The fraction of sp³-hybridized carbons (Fsp3) is 0.667. The summed E-state index contributed by atoms with van der Waals surface area (Å²) in [5.41, 5.74) is 1.02. The fourth-order valence-corrected chi connectivity index (χ4v) is 7.55. The Kier molecular flexibility index (Phi) is 7.26. The van der Waals surface area contributed by atoms with Crippen LogP contribution in [0.1, 0.15) is 87.8 Å². The second-order valence-corrected chi connectivity index (χ2v) is 11.6. The van der Waals surface area contributed by atoms with Crippen LogP contribution in [0.5, 0.6) is 0 Å². The van der Waals surface area contributed by atoms with E-state index in [0.717, 1.165) is 62.1 Å². The van der Waals surface area contributed by atoms with Crippen LogP contribution in [0.25, 0.3) is 0 Å². The number of aromatic nitrogens is 1. The fourth-order valence-electron chi connectivity index (χ4n) is 5.49. The third-order valence-electron chi connectivity index (χ3n) is 7.13. The number of allylic oxidation sites excluding steroid dienone is 1. The van der Waals surface area contributed by atoms with Gasteiger partial charge in [-0.3, -0.25) is 9.59 Å². The van der Waals surface area contributed by atoms with Crippen LogP contribution < -0.4 is 10.6 Å². The molecule has 172 valence electrons. The second-order valence-electron chi connectivity index (χ2n) is 9.39. The van der Waals surface area contributed by atoms with Crippen molar-refractivity contribution >= 4 is 34.9 Å². The number of thiazole rings is 1. The number of aryl methyl sites for hydroxylation is 1. The van der Waals surface area contributed by atoms with Crippen LogP contribution in [0.15, 0.2) is 16.0 Å². The highest BCUT2D eigenvalue weighted by Gasteiger charge is 2.54. The maximum Gasteiger partial charge on any atom is 0.235 e. The molecule has 0 bridgehead atoms. The Bertz CT molecular complexity index is 934. The van der Waals surface area contributed by atoms with Crippen LogP contribution in [0.3, 0.4) is 0 Å². The van der Waals surface area contributed by atoms with Crippen molar-refractivity contribution < 1.29 is 9.59 Å². The number of carbonyl (C=O) groups excluding carboxylic acids is 2. The van der Waals surface area contributed by atoms with E-state index in [-0.39, 0.29) is 23.1 Å². The zero-order valence-electron chi connectivity index (χ0n) is 18.9. The summed E-state index contributed by atoms with van der Waals surface area (Å²) in [4.78, 5) is 30.9. The maximum atomic E-state index is 13.3. The summed E-state index contributed by atoms with van der Waals surface area (Å²) in [7, 11) is 0. The van der Waals surface area contributed by atoms with Gasteiger partial charge >= 0.3 is 0 Å². The van der Waals surface area contributed by atoms with E-state index in [9.17, 15) is 14.9 Å². The van der Waals surface area contributed by atoms with Gasteiger partial charge in [-0.2, -0.15) is 5.26 Å². The van der Waals surface area contributed by atoms with Gasteiger partial charge in [0.25, 0.3) is 0 Å². The van der Waals surface area contributed by atoms with Gasteiger partial charge in [0.05, 0.1) is 21.9 Å². The lowest BCUT2D eigenvalue weighted by Gasteiger charge is -2.40. The van der Waals surface area contributed by atoms with Gasteiger partial charge in [0.2, 0.25) is 11.8 Å². The summed E-state index contributed by atoms with van der Waals surface area (Å²) >= 11 is 2.82. The minimum absolute atomic E-state index is 0.0147. The quantitative estimate of drug-likeness (QED) is 0.593. The van der Waals surface area contributed by atoms with Crippen LogP contribution >= 0.6 is 23.1 Å². The van der Waals surface area contributed by atoms with Crippen LogP contribution in [0.2, 0.25) is 0 Å². The van der Waals surface area contributed by atoms with Gasteiger partial charge in [-0.25, -0.2) is 4.98 Å². The highest BCUT2D eigenvalue weighted by molar-refractivity contribution is 8.04. The van der Waals surface area contributed by atoms with Crippen molar-refractivity contribution in [3.8, 4) is 6.07 Å². The number of thioether (sulfide) groups is 1. The van der Waals surface area contributed by atoms with E-state index in [4.69, 9.17) is 0 Å². The first-order valence-corrected chi connectivity index (χ1v) is 13.6. The van der Waals surface area contributed by atoms with Gasteiger partial charge in [0.15, 0.2) is 0 Å². The molecule has 6 nitrogen and oxygen atoms in total. The molecule has 0 radical (unpaired) electrons. The lowest BCUT2D eigenvalue weighted by atomic mass is 9.67. The summed E-state index contributed by atoms with van der Waals surface area (Å²) < 4.78 is 0. The molecule has 4 rings (SSSR count). The van der Waals surface area contributed by atoms with Crippen LogP contribution in [-0.2, 0) is 9.59 Å². The molecule has 8 heteroatoms. The summed E-state index contributed by atoms with van der Waals surface area (Å²) in [6.45, 7) is 3.79. The second kappa shape index (κ2) is 9.96. The average Bonchev–Trinajstić information content (AvgIpc) is 3.32. The molecule has 0 aromatic carbocycles. The molecule has 2 fully saturated rings. The molecule has 1 aliphatic heterocycles. The number of nitrogens with one attached hydrogen (secondary N) is 2. The summed E-state index contributed by atoms with van der Waals surface area (Å²) in [6, 6.07) is 2.67. The molecule has 2 saturated carbocycles. The van der Waals surface area contributed by atoms with Crippen molar-refractivity contribution in [1.82, 2.24) is 15.6 Å². The number of nitrogens with zero attached hydrogens (tertiary/aromatic N) is 2. The third kappa shape index (κ3) is 4.60.